The van der Waals surface area contributed by atoms with E-state index in [0.29, 0.717) is 12.1 Å². The largest absolute Gasteiger partial charge is 0.508 e. The quantitative estimate of drug-likeness (QED) is 0.897. The molecule has 2 rings (SSSR count). The molecule has 2 N–H and O–H groups in total. The van der Waals surface area contributed by atoms with Crippen LogP contribution in [0.15, 0.2) is 48.5 Å². The number of aromatic hydroxyl groups is 1. The summed E-state index contributed by atoms with van der Waals surface area (Å²) >= 11 is 0. The van der Waals surface area contributed by atoms with Crippen LogP contribution in [0.3, 0.4) is 0 Å². The van der Waals surface area contributed by atoms with Crippen molar-refractivity contribution in [3.8, 4) is 5.75 Å². The van der Waals surface area contributed by atoms with Gasteiger partial charge in [-0.05, 0) is 29.8 Å². The molecule has 2 aromatic rings. The van der Waals surface area contributed by atoms with Crippen LogP contribution >= 0.6 is 0 Å². The number of hydrogen-bond donors (Lipinski definition) is 2. The first-order valence-corrected chi connectivity index (χ1v) is 6.40. The van der Waals surface area contributed by atoms with Crippen molar-refractivity contribution in [3.63, 3.8) is 0 Å². The van der Waals surface area contributed by atoms with E-state index >= 15 is 0 Å². The number of carbonyl (C=O) groups is 1. The van der Waals surface area contributed by atoms with Gasteiger partial charge in [0.25, 0.3) is 5.91 Å². The Hall–Kier alpha value is -2.49. The highest BCUT2D eigenvalue weighted by Crippen LogP contribution is 2.18. The van der Waals surface area contributed by atoms with Gasteiger partial charge in [0.15, 0.2) is 0 Å². The minimum absolute atomic E-state index is 0.127. The lowest BCUT2D eigenvalue weighted by atomic mass is 10.1. The number of hydrogen-bond acceptors (Lipinski definition) is 3. The molecule has 0 aliphatic rings. The molecule has 4 heteroatoms. The fourth-order valence-corrected chi connectivity index (χ4v) is 2.00. The predicted octanol–water partition coefficient (Wildman–Crippen LogP) is 2.39. The molecule has 20 heavy (non-hydrogen) atoms. The molecule has 0 unspecified atom stereocenters. The summed E-state index contributed by atoms with van der Waals surface area (Å²) in [7, 11) is 3.81. The minimum atomic E-state index is -0.127. The molecule has 0 spiro atoms. The summed E-state index contributed by atoms with van der Waals surface area (Å²) in [5, 5.41) is 12.3. The maximum atomic E-state index is 12.2. The third kappa shape index (κ3) is 3.29. The lowest BCUT2D eigenvalue weighted by molar-refractivity contribution is 0.0951. The monoisotopic (exact) mass is 270 g/mol. The van der Waals surface area contributed by atoms with Crippen molar-refractivity contribution in [1.82, 2.24) is 5.32 Å². The molecule has 0 aliphatic heterocycles. The van der Waals surface area contributed by atoms with E-state index in [9.17, 15) is 9.90 Å². The van der Waals surface area contributed by atoms with Crippen LogP contribution in [0, 0.1) is 0 Å². The maximum Gasteiger partial charge on any atom is 0.253 e. The Balaban J connectivity index is 2.09. The van der Waals surface area contributed by atoms with Crippen LogP contribution < -0.4 is 10.2 Å². The molecule has 1 amide bonds. The summed E-state index contributed by atoms with van der Waals surface area (Å²) in [4.78, 5) is 14.1. The van der Waals surface area contributed by atoms with E-state index in [1.54, 1.807) is 24.3 Å². The summed E-state index contributed by atoms with van der Waals surface area (Å²) in [5.74, 6) is 0.0723. The zero-order chi connectivity index (χ0) is 14.5. The van der Waals surface area contributed by atoms with E-state index in [-0.39, 0.29) is 11.7 Å². The molecule has 0 fully saturated rings. The Bertz CT molecular complexity index is 609. The van der Waals surface area contributed by atoms with Gasteiger partial charge in [0.05, 0.1) is 5.56 Å². The fraction of sp³-hybridized carbons (Fsp3) is 0.188. The first-order valence-electron chi connectivity index (χ1n) is 6.40. The Labute approximate surface area is 118 Å². The standard InChI is InChI=1S/C16H18N2O2/c1-18(2)15-9-4-3-8-14(15)16(20)17-11-12-6-5-7-13(19)10-12/h3-10,19H,11H2,1-2H3,(H,17,20). The predicted molar refractivity (Wildman–Crippen MR) is 80.0 cm³/mol. The Morgan fingerprint density at radius 1 is 1.15 bits per heavy atom. The Morgan fingerprint density at radius 2 is 1.90 bits per heavy atom. The summed E-state index contributed by atoms with van der Waals surface area (Å²) in [6.07, 6.45) is 0. The number of anilines is 1. The van der Waals surface area contributed by atoms with Crippen LogP contribution in [-0.2, 0) is 6.54 Å². The molecule has 0 bridgehead atoms. The Kier molecular flexibility index (Phi) is 4.25. The molecule has 2 aromatic carbocycles. The second kappa shape index (κ2) is 6.10. The van der Waals surface area contributed by atoms with Crippen LogP contribution in [0.5, 0.6) is 5.75 Å². The summed E-state index contributed by atoms with van der Waals surface area (Å²) < 4.78 is 0. The number of nitrogens with one attached hydrogen (secondary N) is 1. The molecule has 104 valence electrons. The van der Waals surface area contributed by atoms with E-state index in [2.05, 4.69) is 5.32 Å². The Morgan fingerprint density at radius 3 is 2.60 bits per heavy atom. The first kappa shape index (κ1) is 13.9. The molecule has 0 heterocycles. The van der Waals surface area contributed by atoms with Gasteiger partial charge in [-0.25, -0.2) is 0 Å². The molecule has 0 atom stereocenters. The van der Waals surface area contributed by atoms with Gasteiger partial charge in [-0.15, -0.1) is 0 Å². The zero-order valence-electron chi connectivity index (χ0n) is 11.6. The van der Waals surface area contributed by atoms with Crippen LogP contribution in [0.25, 0.3) is 0 Å². The summed E-state index contributed by atoms with van der Waals surface area (Å²) in [5.41, 5.74) is 2.37. The topological polar surface area (TPSA) is 52.6 Å². The van der Waals surface area contributed by atoms with Crippen molar-refractivity contribution in [3.05, 3.63) is 59.7 Å². The van der Waals surface area contributed by atoms with Crippen molar-refractivity contribution < 1.29 is 9.90 Å². The molecule has 0 saturated heterocycles. The van der Waals surface area contributed by atoms with Gasteiger partial charge in [0.2, 0.25) is 0 Å². The average molecular weight is 270 g/mol. The zero-order valence-corrected chi connectivity index (χ0v) is 11.6. The third-order valence-corrected chi connectivity index (χ3v) is 2.99. The minimum Gasteiger partial charge on any atom is -0.508 e. The second-order valence-electron chi connectivity index (χ2n) is 4.76. The molecule has 0 saturated carbocycles. The van der Waals surface area contributed by atoms with Gasteiger partial charge in [0, 0.05) is 26.3 Å². The van der Waals surface area contributed by atoms with Crippen molar-refractivity contribution in [2.45, 2.75) is 6.54 Å². The molecule has 4 nitrogen and oxygen atoms in total. The van der Waals surface area contributed by atoms with Crippen molar-refractivity contribution >= 4 is 11.6 Å². The van der Waals surface area contributed by atoms with Crippen LogP contribution in [0.2, 0.25) is 0 Å². The highest BCUT2D eigenvalue weighted by Gasteiger charge is 2.11. The van der Waals surface area contributed by atoms with E-state index in [1.165, 1.54) is 0 Å². The van der Waals surface area contributed by atoms with Crippen LogP contribution in [0.1, 0.15) is 15.9 Å². The number of para-hydroxylation sites is 1. The van der Waals surface area contributed by atoms with Crippen molar-refractivity contribution in [2.24, 2.45) is 0 Å². The molecule has 0 aliphatic carbocycles. The van der Waals surface area contributed by atoms with E-state index in [1.807, 2.05) is 43.3 Å². The molecular formula is C16H18N2O2. The number of benzene rings is 2. The fourth-order valence-electron chi connectivity index (χ4n) is 2.00. The first-order chi connectivity index (χ1) is 9.58. The summed E-state index contributed by atoms with van der Waals surface area (Å²) in [6, 6.07) is 14.3. The van der Waals surface area contributed by atoms with Crippen molar-refractivity contribution in [2.75, 3.05) is 19.0 Å². The number of nitrogens with zero attached hydrogens (tertiary/aromatic N) is 1. The number of phenols is 1. The number of amides is 1. The average Bonchev–Trinajstić information content (AvgIpc) is 2.45. The van der Waals surface area contributed by atoms with E-state index < -0.39 is 0 Å². The van der Waals surface area contributed by atoms with E-state index in [4.69, 9.17) is 0 Å². The molecular weight excluding hydrogens is 252 g/mol. The maximum absolute atomic E-state index is 12.2. The lowest BCUT2D eigenvalue weighted by Crippen LogP contribution is -2.25. The van der Waals surface area contributed by atoms with Gasteiger partial charge >= 0.3 is 0 Å². The van der Waals surface area contributed by atoms with E-state index in [0.717, 1.165) is 11.3 Å². The second-order valence-corrected chi connectivity index (χ2v) is 4.76. The van der Waals surface area contributed by atoms with Crippen LogP contribution in [0.4, 0.5) is 5.69 Å². The molecule has 0 radical (unpaired) electrons. The third-order valence-electron chi connectivity index (χ3n) is 2.99. The highest BCUT2D eigenvalue weighted by atomic mass is 16.3. The SMILES string of the molecule is CN(C)c1ccccc1C(=O)NCc1cccc(O)c1. The van der Waals surface area contributed by atoms with Gasteiger partial charge in [-0.1, -0.05) is 24.3 Å². The van der Waals surface area contributed by atoms with Crippen molar-refractivity contribution in [1.29, 1.82) is 0 Å². The normalized spacial score (nSPS) is 10.1. The van der Waals surface area contributed by atoms with Gasteiger partial charge in [-0.3, -0.25) is 4.79 Å². The number of rotatable bonds is 4. The summed E-state index contributed by atoms with van der Waals surface area (Å²) in [6.45, 7) is 0.384. The van der Waals surface area contributed by atoms with Crippen LogP contribution in [-0.4, -0.2) is 25.1 Å². The number of phenolic OH excluding ortho intramolecular Hbond substituents is 1. The highest BCUT2D eigenvalue weighted by molar-refractivity contribution is 5.99. The van der Waals surface area contributed by atoms with Gasteiger partial charge in [0.1, 0.15) is 5.75 Å². The molecule has 0 aromatic heterocycles. The lowest BCUT2D eigenvalue weighted by Gasteiger charge is -2.16. The smallest absolute Gasteiger partial charge is 0.253 e. The van der Waals surface area contributed by atoms with Gasteiger partial charge < -0.3 is 15.3 Å². The number of carbonyl (C=O) groups excluding carboxylic acids is 1. The van der Waals surface area contributed by atoms with Gasteiger partial charge in [-0.2, -0.15) is 0 Å².